The molecule has 0 saturated heterocycles. The largest absolute Gasteiger partial charge is 0.384 e. The van der Waals surface area contributed by atoms with Crippen LogP contribution in [0.1, 0.15) is 32.8 Å². The maximum Gasteiger partial charge on any atom is 0.191 e. The molecule has 1 rings (SSSR count). The fourth-order valence-corrected chi connectivity index (χ4v) is 2.56. The van der Waals surface area contributed by atoms with Crippen LogP contribution in [0.15, 0.2) is 35.3 Å². The van der Waals surface area contributed by atoms with E-state index in [2.05, 4.69) is 34.6 Å². The smallest absolute Gasteiger partial charge is 0.191 e. The van der Waals surface area contributed by atoms with E-state index in [9.17, 15) is 5.11 Å². The number of guanidine groups is 1. The third-order valence-electron chi connectivity index (χ3n) is 4.08. The first-order chi connectivity index (χ1) is 12.4. The van der Waals surface area contributed by atoms with E-state index in [1.165, 1.54) is 0 Å². The summed E-state index contributed by atoms with van der Waals surface area (Å²) in [5.74, 6) is 0.693. The van der Waals surface area contributed by atoms with Gasteiger partial charge < -0.3 is 25.4 Å². The number of benzene rings is 1. The molecule has 0 aromatic heterocycles. The summed E-state index contributed by atoms with van der Waals surface area (Å²) >= 11 is 0. The molecular weight excluding hydrogens is 455 g/mol. The van der Waals surface area contributed by atoms with Crippen LogP contribution >= 0.6 is 24.0 Å². The third-order valence-corrected chi connectivity index (χ3v) is 4.08. The summed E-state index contributed by atoms with van der Waals surface area (Å²) in [5, 5.41) is 17.3. The van der Waals surface area contributed by atoms with Crippen LogP contribution in [0.3, 0.4) is 0 Å². The van der Waals surface area contributed by atoms with E-state index < -0.39 is 5.60 Å². The van der Waals surface area contributed by atoms with Crippen LogP contribution in [0.4, 0.5) is 0 Å². The second-order valence-electron chi connectivity index (χ2n) is 6.89. The zero-order valence-corrected chi connectivity index (χ0v) is 19.7. The van der Waals surface area contributed by atoms with E-state index in [0.717, 1.165) is 25.1 Å². The summed E-state index contributed by atoms with van der Waals surface area (Å²) in [5.41, 5.74) is -0.147. The van der Waals surface area contributed by atoms with Crippen molar-refractivity contribution in [2.75, 3.05) is 46.9 Å². The van der Waals surface area contributed by atoms with Crippen molar-refractivity contribution in [1.29, 1.82) is 0 Å². The minimum absolute atomic E-state index is 0. The van der Waals surface area contributed by atoms with Crippen LogP contribution in [0.5, 0.6) is 0 Å². The minimum atomic E-state index is -1.01. The van der Waals surface area contributed by atoms with Crippen molar-refractivity contribution >= 4 is 29.9 Å². The molecule has 0 aliphatic carbocycles. The quantitative estimate of drug-likeness (QED) is 0.252. The average molecular weight is 492 g/mol. The zero-order chi connectivity index (χ0) is 19.4. The molecule has 0 spiro atoms. The van der Waals surface area contributed by atoms with Crippen LogP contribution in [0, 0.1) is 0 Å². The van der Waals surface area contributed by atoms with Gasteiger partial charge in [0.25, 0.3) is 0 Å². The standard InChI is InChI=1S/C20H36N4O2.HI/c1-6-21-19(22-15-18(26-7-2)13-14-24(4)5)23-16-20(3,25)17-11-9-8-10-12-17;/h8-12,18,25H,6-7,13-16H2,1-5H3,(H2,21,22,23);1H. The fourth-order valence-electron chi connectivity index (χ4n) is 2.56. The number of ether oxygens (including phenoxy) is 1. The number of aliphatic hydroxyl groups is 1. The maximum atomic E-state index is 10.7. The predicted octanol–water partition coefficient (Wildman–Crippen LogP) is 2.42. The molecule has 6 nitrogen and oxygen atoms in total. The van der Waals surface area contributed by atoms with E-state index >= 15 is 0 Å². The molecule has 0 radical (unpaired) electrons. The Labute approximate surface area is 181 Å². The minimum Gasteiger partial charge on any atom is -0.384 e. The predicted molar refractivity (Wildman–Crippen MR) is 124 cm³/mol. The molecule has 2 unspecified atom stereocenters. The Hall–Kier alpha value is -0.900. The average Bonchev–Trinajstić information content (AvgIpc) is 2.62. The van der Waals surface area contributed by atoms with Gasteiger partial charge in [-0.05, 0) is 46.9 Å². The lowest BCUT2D eigenvalue weighted by Crippen LogP contribution is -2.43. The van der Waals surface area contributed by atoms with Crippen LogP contribution in [-0.4, -0.2) is 69.0 Å². The third kappa shape index (κ3) is 10.9. The highest BCUT2D eigenvalue weighted by Crippen LogP contribution is 2.20. The highest BCUT2D eigenvalue weighted by atomic mass is 127. The zero-order valence-electron chi connectivity index (χ0n) is 17.4. The Morgan fingerprint density at radius 1 is 1.22 bits per heavy atom. The molecule has 1 aromatic carbocycles. The van der Waals surface area contributed by atoms with Gasteiger partial charge in [-0.25, -0.2) is 4.99 Å². The molecule has 0 saturated carbocycles. The molecule has 0 fully saturated rings. The van der Waals surface area contributed by atoms with Crippen LogP contribution in [0.2, 0.25) is 0 Å². The molecule has 0 amide bonds. The van der Waals surface area contributed by atoms with E-state index in [1.54, 1.807) is 6.92 Å². The van der Waals surface area contributed by atoms with Crippen LogP contribution in [-0.2, 0) is 10.3 Å². The van der Waals surface area contributed by atoms with E-state index in [0.29, 0.717) is 19.1 Å². The number of rotatable bonds is 11. The lowest BCUT2D eigenvalue weighted by atomic mass is 9.96. The first kappa shape index (κ1) is 26.1. The molecule has 0 heterocycles. The number of nitrogens with one attached hydrogen (secondary N) is 2. The second kappa shape index (κ2) is 14.1. The molecule has 0 bridgehead atoms. The Morgan fingerprint density at radius 3 is 2.44 bits per heavy atom. The number of hydrogen-bond acceptors (Lipinski definition) is 4. The van der Waals surface area contributed by atoms with Crippen molar-refractivity contribution in [1.82, 2.24) is 15.5 Å². The van der Waals surface area contributed by atoms with E-state index in [-0.39, 0.29) is 36.6 Å². The molecule has 7 heteroatoms. The first-order valence-electron chi connectivity index (χ1n) is 9.45. The summed E-state index contributed by atoms with van der Waals surface area (Å²) in [6.45, 7) is 9.21. The van der Waals surface area contributed by atoms with Gasteiger partial charge in [0.15, 0.2) is 5.96 Å². The van der Waals surface area contributed by atoms with Gasteiger partial charge in [-0.15, -0.1) is 24.0 Å². The Kier molecular flexibility index (Phi) is 13.7. The summed E-state index contributed by atoms with van der Waals surface area (Å²) in [7, 11) is 4.13. The van der Waals surface area contributed by atoms with Gasteiger partial charge in [-0.3, -0.25) is 0 Å². The number of aliphatic imine (C=N–C) groups is 1. The maximum absolute atomic E-state index is 10.7. The van der Waals surface area contributed by atoms with Crippen molar-refractivity contribution in [3.8, 4) is 0 Å². The van der Waals surface area contributed by atoms with Crippen LogP contribution < -0.4 is 10.6 Å². The Balaban J connectivity index is 0.00000676. The SMILES string of the molecule is CCNC(=NCC(C)(O)c1ccccc1)NCC(CCN(C)C)OCC.I. The highest BCUT2D eigenvalue weighted by molar-refractivity contribution is 14.0. The van der Waals surface area contributed by atoms with Gasteiger partial charge in [0.05, 0.1) is 12.6 Å². The fraction of sp³-hybridized carbons (Fsp3) is 0.650. The monoisotopic (exact) mass is 492 g/mol. The molecule has 2 atom stereocenters. The molecule has 156 valence electrons. The van der Waals surface area contributed by atoms with E-state index in [1.807, 2.05) is 44.2 Å². The van der Waals surface area contributed by atoms with Gasteiger partial charge in [0, 0.05) is 26.2 Å². The number of hydrogen-bond donors (Lipinski definition) is 3. The number of nitrogens with zero attached hydrogens (tertiary/aromatic N) is 2. The van der Waals surface area contributed by atoms with Gasteiger partial charge in [0.1, 0.15) is 5.60 Å². The van der Waals surface area contributed by atoms with Gasteiger partial charge in [0.2, 0.25) is 0 Å². The van der Waals surface area contributed by atoms with E-state index in [4.69, 9.17) is 4.74 Å². The summed E-state index contributed by atoms with van der Waals surface area (Å²) in [4.78, 5) is 6.72. The summed E-state index contributed by atoms with van der Waals surface area (Å²) < 4.78 is 5.81. The lowest BCUT2D eigenvalue weighted by molar-refractivity contribution is 0.0546. The van der Waals surface area contributed by atoms with Gasteiger partial charge in [-0.1, -0.05) is 30.3 Å². The van der Waals surface area contributed by atoms with Crippen molar-refractivity contribution in [3.05, 3.63) is 35.9 Å². The molecule has 0 aliphatic heterocycles. The number of halogens is 1. The molecular formula is C20H37IN4O2. The van der Waals surface area contributed by atoms with Crippen molar-refractivity contribution in [2.24, 2.45) is 4.99 Å². The van der Waals surface area contributed by atoms with Gasteiger partial charge in [-0.2, -0.15) is 0 Å². The first-order valence-corrected chi connectivity index (χ1v) is 9.45. The highest BCUT2D eigenvalue weighted by Gasteiger charge is 2.22. The van der Waals surface area contributed by atoms with Crippen molar-refractivity contribution in [2.45, 2.75) is 38.9 Å². The lowest BCUT2D eigenvalue weighted by Gasteiger charge is -2.24. The summed E-state index contributed by atoms with van der Waals surface area (Å²) in [6.07, 6.45) is 1.08. The normalized spacial score (nSPS) is 15.0. The van der Waals surface area contributed by atoms with Crippen molar-refractivity contribution < 1.29 is 9.84 Å². The molecule has 3 N–H and O–H groups in total. The van der Waals surface area contributed by atoms with Crippen LogP contribution in [0.25, 0.3) is 0 Å². The molecule has 1 aromatic rings. The Morgan fingerprint density at radius 2 is 1.89 bits per heavy atom. The van der Waals surface area contributed by atoms with Crippen molar-refractivity contribution in [3.63, 3.8) is 0 Å². The molecule has 0 aliphatic rings. The Bertz CT molecular complexity index is 524. The summed E-state index contributed by atoms with van der Waals surface area (Å²) in [6, 6.07) is 9.63. The topological polar surface area (TPSA) is 69.1 Å². The molecule has 27 heavy (non-hydrogen) atoms. The van der Waals surface area contributed by atoms with Gasteiger partial charge >= 0.3 is 0 Å². The second-order valence-corrected chi connectivity index (χ2v) is 6.89.